The van der Waals surface area contributed by atoms with Crippen molar-refractivity contribution in [3.8, 4) is 0 Å². The molecule has 1 nitrogen and oxygen atoms in total. The van der Waals surface area contributed by atoms with Gasteiger partial charge in [0.2, 0.25) is 0 Å². The van der Waals surface area contributed by atoms with Crippen LogP contribution in [-0.2, 0) is 0 Å². The van der Waals surface area contributed by atoms with E-state index in [0.717, 1.165) is 12.8 Å². The van der Waals surface area contributed by atoms with Gasteiger partial charge in [0.25, 0.3) is 0 Å². The van der Waals surface area contributed by atoms with E-state index in [2.05, 4.69) is 39.0 Å². The molecule has 2 unspecified atom stereocenters. The Morgan fingerprint density at radius 1 is 1.20 bits per heavy atom. The van der Waals surface area contributed by atoms with E-state index in [4.69, 9.17) is 0 Å². The third-order valence-electron chi connectivity index (χ3n) is 3.54. The number of aliphatic hydroxyl groups excluding tert-OH is 1. The molecule has 0 saturated heterocycles. The smallest absolute Gasteiger partial charge is 0.0793 e. The summed E-state index contributed by atoms with van der Waals surface area (Å²) in [4.78, 5) is 0. The Balaban J connectivity index is 2.45. The van der Waals surface area contributed by atoms with E-state index in [0.29, 0.717) is 11.8 Å². The van der Waals surface area contributed by atoms with Gasteiger partial charge in [0.15, 0.2) is 0 Å². The molecular formula is C14H20O. The van der Waals surface area contributed by atoms with Crippen molar-refractivity contribution in [2.75, 3.05) is 0 Å². The summed E-state index contributed by atoms with van der Waals surface area (Å²) >= 11 is 0. The Morgan fingerprint density at radius 3 is 2.60 bits per heavy atom. The summed E-state index contributed by atoms with van der Waals surface area (Å²) in [5.74, 6) is 1.14. The summed E-state index contributed by atoms with van der Waals surface area (Å²) in [6.07, 6.45) is 1.78. The van der Waals surface area contributed by atoms with E-state index in [1.165, 1.54) is 16.7 Å². The molecule has 0 heterocycles. The zero-order valence-electron chi connectivity index (χ0n) is 9.83. The van der Waals surface area contributed by atoms with Gasteiger partial charge in [-0.2, -0.15) is 0 Å². The van der Waals surface area contributed by atoms with Gasteiger partial charge >= 0.3 is 0 Å². The number of hydrogen-bond donors (Lipinski definition) is 1. The molecule has 0 aliphatic heterocycles. The Bertz CT molecular complexity index is 354. The average Bonchev–Trinajstić information content (AvgIpc) is 2.23. The van der Waals surface area contributed by atoms with Gasteiger partial charge in [0.05, 0.1) is 6.10 Å². The summed E-state index contributed by atoms with van der Waals surface area (Å²) in [5, 5.41) is 9.99. The molecule has 0 amide bonds. The van der Waals surface area contributed by atoms with Crippen molar-refractivity contribution >= 4 is 0 Å². The van der Waals surface area contributed by atoms with Gasteiger partial charge in [-0.05, 0) is 41.4 Å². The molecule has 82 valence electrons. The van der Waals surface area contributed by atoms with Crippen LogP contribution in [0.5, 0.6) is 0 Å². The lowest BCUT2D eigenvalue weighted by Crippen LogP contribution is -2.12. The molecule has 1 N–H and O–H groups in total. The lowest BCUT2D eigenvalue weighted by atomic mass is 9.81. The maximum atomic E-state index is 9.99. The maximum absolute atomic E-state index is 9.99. The van der Waals surface area contributed by atoms with Gasteiger partial charge in [-0.25, -0.2) is 0 Å². The Labute approximate surface area is 92.1 Å². The van der Waals surface area contributed by atoms with E-state index in [-0.39, 0.29) is 6.10 Å². The highest BCUT2D eigenvalue weighted by atomic mass is 16.3. The molecule has 0 bridgehead atoms. The van der Waals surface area contributed by atoms with Crippen LogP contribution >= 0.6 is 0 Å². The first-order chi connectivity index (χ1) is 7.09. The van der Waals surface area contributed by atoms with Crippen molar-refractivity contribution < 1.29 is 5.11 Å². The number of aliphatic hydroxyl groups is 1. The normalized spacial score (nSPS) is 25.4. The standard InChI is InChI=1S/C14H20O/c1-9(2)11-5-6-12-10(3)4-7-14(15)13(12)8-11/h5-6,8-10,14-15H,4,7H2,1-3H3. The Kier molecular flexibility index (Phi) is 2.83. The topological polar surface area (TPSA) is 20.2 Å². The summed E-state index contributed by atoms with van der Waals surface area (Å²) < 4.78 is 0. The summed E-state index contributed by atoms with van der Waals surface area (Å²) in [6, 6.07) is 6.61. The maximum Gasteiger partial charge on any atom is 0.0793 e. The predicted octanol–water partition coefficient (Wildman–Crippen LogP) is 3.74. The molecule has 0 aromatic heterocycles. The number of benzene rings is 1. The van der Waals surface area contributed by atoms with Gasteiger partial charge in [-0.1, -0.05) is 39.0 Å². The van der Waals surface area contributed by atoms with Crippen molar-refractivity contribution in [1.82, 2.24) is 0 Å². The van der Waals surface area contributed by atoms with E-state index >= 15 is 0 Å². The highest BCUT2D eigenvalue weighted by molar-refractivity contribution is 5.38. The van der Waals surface area contributed by atoms with Crippen LogP contribution in [0.15, 0.2) is 18.2 Å². The lowest BCUT2D eigenvalue weighted by molar-refractivity contribution is 0.151. The van der Waals surface area contributed by atoms with Crippen LogP contribution in [0, 0.1) is 0 Å². The first-order valence-corrected chi connectivity index (χ1v) is 5.91. The molecule has 15 heavy (non-hydrogen) atoms. The third kappa shape index (κ3) is 1.93. The molecule has 0 spiro atoms. The largest absolute Gasteiger partial charge is 0.388 e. The fraction of sp³-hybridized carbons (Fsp3) is 0.571. The third-order valence-corrected chi connectivity index (χ3v) is 3.54. The predicted molar refractivity (Wildman–Crippen MR) is 63.1 cm³/mol. The van der Waals surface area contributed by atoms with Crippen LogP contribution in [0.4, 0.5) is 0 Å². The van der Waals surface area contributed by atoms with Crippen molar-refractivity contribution in [2.24, 2.45) is 0 Å². The second-order valence-corrected chi connectivity index (χ2v) is 5.04. The van der Waals surface area contributed by atoms with Crippen LogP contribution < -0.4 is 0 Å². The monoisotopic (exact) mass is 204 g/mol. The SMILES string of the molecule is CC(C)c1ccc2c(c1)C(O)CCC2C. The molecule has 0 radical (unpaired) electrons. The molecule has 1 heteroatoms. The highest BCUT2D eigenvalue weighted by Crippen LogP contribution is 2.38. The van der Waals surface area contributed by atoms with Gasteiger partial charge in [-0.15, -0.1) is 0 Å². The zero-order valence-corrected chi connectivity index (χ0v) is 9.83. The van der Waals surface area contributed by atoms with Crippen LogP contribution in [0.25, 0.3) is 0 Å². The lowest BCUT2D eigenvalue weighted by Gasteiger charge is -2.27. The minimum atomic E-state index is -0.241. The minimum Gasteiger partial charge on any atom is -0.388 e. The van der Waals surface area contributed by atoms with Gasteiger partial charge in [0.1, 0.15) is 0 Å². The van der Waals surface area contributed by atoms with Crippen LogP contribution in [-0.4, -0.2) is 5.11 Å². The Morgan fingerprint density at radius 2 is 1.93 bits per heavy atom. The molecule has 0 saturated carbocycles. The summed E-state index contributed by atoms with van der Waals surface area (Å²) in [5.41, 5.74) is 3.85. The first kappa shape index (κ1) is 10.7. The first-order valence-electron chi connectivity index (χ1n) is 5.91. The molecule has 1 aromatic rings. The Hall–Kier alpha value is -0.820. The number of fused-ring (bicyclic) bond motifs is 1. The molecule has 2 rings (SSSR count). The summed E-state index contributed by atoms with van der Waals surface area (Å²) in [6.45, 7) is 6.64. The zero-order chi connectivity index (χ0) is 11.0. The van der Waals surface area contributed by atoms with E-state index < -0.39 is 0 Å². The molecule has 1 aliphatic rings. The highest BCUT2D eigenvalue weighted by Gasteiger charge is 2.23. The molecule has 0 fully saturated rings. The molecule has 2 atom stereocenters. The minimum absolute atomic E-state index is 0.241. The number of hydrogen-bond acceptors (Lipinski definition) is 1. The van der Waals surface area contributed by atoms with Crippen molar-refractivity contribution in [1.29, 1.82) is 0 Å². The second kappa shape index (κ2) is 3.97. The van der Waals surface area contributed by atoms with E-state index in [1.807, 2.05) is 0 Å². The average molecular weight is 204 g/mol. The van der Waals surface area contributed by atoms with Crippen molar-refractivity contribution in [3.05, 3.63) is 34.9 Å². The number of rotatable bonds is 1. The van der Waals surface area contributed by atoms with Crippen LogP contribution in [0.3, 0.4) is 0 Å². The van der Waals surface area contributed by atoms with Crippen molar-refractivity contribution in [3.63, 3.8) is 0 Å². The van der Waals surface area contributed by atoms with Crippen LogP contribution in [0.2, 0.25) is 0 Å². The molecule has 1 aromatic carbocycles. The van der Waals surface area contributed by atoms with E-state index in [1.54, 1.807) is 0 Å². The molecular weight excluding hydrogens is 184 g/mol. The summed E-state index contributed by atoms with van der Waals surface area (Å²) in [7, 11) is 0. The fourth-order valence-corrected chi connectivity index (χ4v) is 2.41. The van der Waals surface area contributed by atoms with Gasteiger partial charge in [0, 0.05) is 0 Å². The van der Waals surface area contributed by atoms with Gasteiger partial charge < -0.3 is 5.11 Å². The van der Waals surface area contributed by atoms with Crippen molar-refractivity contribution in [2.45, 2.75) is 51.6 Å². The second-order valence-electron chi connectivity index (χ2n) is 5.04. The molecule has 1 aliphatic carbocycles. The van der Waals surface area contributed by atoms with E-state index in [9.17, 15) is 5.11 Å². The fourth-order valence-electron chi connectivity index (χ4n) is 2.41. The quantitative estimate of drug-likeness (QED) is 0.738. The van der Waals surface area contributed by atoms with Crippen LogP contribution in [0.1, 0.15) is 68.2 Å². The van der Waals surface area contributed by atoms with Gasteiger partial charge in [-0.3, -0.25) is 0 Å².